The number of nitrogens with zero attached hydrogens (tertiary/aromatic N) is 2. The van der Waals surface area contributed by atoms with Crippen LogP contribution < -0.4 is 5.32 Å². The Kier molecular flexibility index (Phi) is 4.37. The molecule has 0 aliphatic carbocycles. The van der Waals surface area contributed by atoms with Crippen LogP contribution in [0.25, 0.3) is 0 Å². The fourth-order valence-electron chi connectivity index (χ4n) is 1.89. The monoisotopic (exact) mass is 287 g/mol. The van der Waals surface area contributed by atoms with Crippen molar-refractivity contribution in [2.75, 3.05) is 18.9 Å². The van der Waals surface area contributed by atoms with Crippen LogP contribution in [-0.4, -0.2) is 35.5 Å². The molecule has 0 aliphatic rings. The Morgan fingerprint density at radius 2 is 2.05 bits per heavy atom. The lowest BCUT2D eigenvalue weighted by molar-refractivity contribution is -0.116. The van der Waals surface area contributed by atoms with Gasteiger partial charge in [-0.2, -0.15) is 0 Å². The SMILES string of the molecule is Cc1cccc(C(=O)N(C)CC(=O)Nc2cc(C)on2)c1. The predicted octanol–water partition coefficient (Wildman–Crippen LogP) is 2.00. The highest BCUT2D eigenvalue weighted by Crippen LogP contribution is 2.09. The number of nitrogens with one attached hydrogen (secondary N) is 1. The van der Waals surface area contributed by atoms with E-state index in [1.807, 2.05) is 19.1 Å². The number of hydrogen-bond donors (Lipinski definition) is 1. The van der Waals surface area contributed by atoms with Gasteiger partial charge in [0.2, 0.25) is 5.91 Å². The van der Waals surface area contributed by atoms with E-state index in [0.717, 1.165) is 5.56 Å². The van der Waals surface area contributed by atoms with Crippen LogP contribution in [0.2, 0.25) is 0 Å². The second kappa shape index (κ2) is 6.21. The van der Waals surface area contributed by atoms with Crippen molar-refractivity contribution >= 4 is 17.6 Å². The molecule has 1 aromatic heterocycles. The zero-order valence-electron chi connectivity index (χ0n) is 12.2. The first-order valence-corrected chi connectivity index (χ1v) is 6.51. The second-order valence-corrected chi connectivity index (χ2v) is 4.90. The number of aromatic nitrogens is 1. The summed E-state index contributed by atoms with van der Waals surface area (Å²) in [6.07, 6.45) is 0. The Morgan fingerprint density at radius 1 is 1.29 bits per heavy atom. The fourth-order valence-corrected chi connectivity index (χ4v) is 1.89. The summed E-state index contributed by atoms with van der Waals surface area (Å²) >= 11 is 0. The van der Waals surface area contributed by atoms with Crippen molar-refractivity contribution in [1.82, 2.24) is 10.1 Å². The van der Waals surface area contributed by atoms with Gasteiger partial charge in [-0.15, -0.1) is 0 Å². The lowest BCUT2D eigenvalue weighted by Gasteiger charge is -2.16. The van der Waals surface area contributed by atoms with E-state index in [1.165, 1.54) is 4.90 Å². The zero-order valence-corrected chi connectivity index (χ0v) is 12.2. The average Bonchev–Trinajstić information content (AvgIpc) is 2.82. The summed E-state index contributed by atoms with van der Waals surface area (Å²) in [5.41, 5.74) is 1.55. The Hall–Kier alpha value is -2.63. The van der Waals surface area contributed by atoms with E-state index >= 15 is 0 Å². The quantitative estimate of drug-likeness (QED) is 0.933. The van der Waals surface area contributed by atoms with Crippen molar-refractivity contribution in [3.8, 4) is 0 Å². The smallest absolute Gasteiger partial charge is 0.254 e. The van der Waals surface area contributed by atoms with E-state index in [0.29, 0.717) is 17.1 Å². The summed E-state index contributed by atoms with van der Waals surface area (Å²) in [5.74, 6) is 0.417. The number of benzene rings is 1. The Bertz CT molecular complexity index is 664. The van der Waals surface area contributed by atoms with Gasteiger partial charge >= 0.3 is 0 Å². The summed E-state index contributed by atoms with van der Waals surface area (Å²) in [4.78, 5) is 25.4. The van der Waals surface area contributed by atoms with Gasteiger partial charge in [-0.1, -0.05) is 22.9 Å². The molecule has 0 saturated carbocycles. The van der Waals surface area contributed by atoms with Crippen molar-refractivity contribution < 1.29 is 14.1 Å². The van der Waals surface area contributed by atoms with Gasteiger partial charge in [0.15, 0.2) is 5.82 Å². The van der Waals surface area contributed by atoms with E-state index in [2.05, 4.69) is 10.5 Å². The minimum Gasteiger partial charge on any atom is -0.360 e. The largest absolute Gasteiger partial charge is 0.360 e. The molecule has 0 unspecified atom stereocenters. The Balaban J connectivity index is 1.95. The van der Waals surface area contributed by atoms with Gasteiger partial charge in [-0.25, -0.2) is 0 Å². The number of rotatable bonds is 4. The summed E-state index contributed by atoms with van der Waals surface area (Å²) in [6.45, 7) is 3.59. The Morgan fingerprint density at radius 3 is 2.67 bits per heavy atom. The van der Waals surface area contributed by atoms with E-state index in [1.54, 1.807) is 32.2 Å². The number of likely N-dealkylation sites (N-methyl/N-ethyl adjacent to an activating group) is 1. The molecule has 6 nitrogen and oxygen atoms in total. The molecule has 1 N–H and O–H groups in total. The highest BCUT2D eigenvalue weighted by molar-refractivity contribution is 5.99. The van der Waals surface area contributed by atoms with Crippen LogP contribution in [0.4, 0.5) is 5.82 Å². The van der Waals surface area contributed by atoms with Crippen molar-refractivity contribution in [3.63, 3.8) is 0 Å². The molecule has 0 radical (unpaired) electrons. The molecule has 0 atom stereocenters. The van der Waals surface area contributed by atoms with E-state index in [-0.39, 0.29) is 18.4 Å². The molecule has 1 aromatic carbocycles. The van der Waals surface area contributed by atoms with E-state index in [9.17, 15) is 9.59 Å². The minimum atomic E-state index is -0.327. The molecule has 0 aliphatic heterocycles. The number of amides is 2. The van der Waals surface area contributed by atoms with Gasteiger partial charge in [0.1, 0.15) is 5.76 Å². The van der Waals surface area contributed by atoms with Crippen LogP contribution in [0, 0.1) is 13.8 Å². The van der Waals surface area contributed by atoms with E-state index in [4.69, 9.17) is 4.52 Å². The first-order valence-electron chi connectivity index (χ1n) is 6.51. The predicted molar refractivity (Wildman–Crippen MR) is 78.0 cm³/mol. The first kappa shape index (κ1) is 14.8. The van der Waals surface area contributed by atoms with Crippen LogP contribution in [0.1, 0.15) is 21.7 Å². The maximum Gasteiger partial charge on any atom is 0.254 e. The van der Waals surface area contributed by atoms with Gasteiger partial charge in [0.05, 0.1) is 6.54 Å². The van der Waals surface area contributed by atoms with Crippen LogP contribution in [0.3, 0.4) is 0 Å². The highest BCUT2D eigenvalue weighted by Gasteiger charge is 2.15. The summed E-state index contributed by atoms with van der Waals surface area (Å²) in [7, 11) is 1.58. The van der Waals surface area contributed by atoms with Gasteiger partial charge in [-0.05, 0) is 26.0 Å². The molecule has 0 spiro atoms. The summed E-state index contributed by atoms with van der Waals surface area (Å²) in [5, 5.41) is 6.24. The third kappa shape index (κ3) is 3.92. The number of hydrogen-bond acceptors (Lipinski definition) is 4. The molecule has 2 rings (SSSR count). The topological polar surface area (TPSA) is 75.4 Å². The second-order valence-electron chi connectivity index (χ2n) is 4.90. The fraction of sp³-hybridized carbons (Fsp3) is 0.267. The number of anilines is 1. The van der Waals surface area contributed by atoms with Crippen molar-refractivity contribution in [3.05, 3.63) is 47.2 Å². The maximum absolute atomic E-state index is 12.2. The molecule has 0 fully saturated rings. The maximum atomic E-state index is 12.2. The summed E-state index contributed by atoms with van der Waals surface area (Å²) in [6, 6.07) is 8.85. The molecule has 21 heavy (non-hydrogen) atoms. The van der Waals surface area contributed by atoms with Crippen LogP contribution in [0.15, 0.2) is 34.9 Å². The highest BCUT2D eigenvalue weighted by atomic mass is 16.5. The van der Waals surface area contributed by atoms with Gasteiger partial charge in [0.25, 0.3) is 5.91 Å². The van der Waals surface area contributed by atoms with Gasteiger partial charge in [-0.3, -0.25) is 9.59 Å². The van der Waals surface area contributed by atoms with Crippen LogP contribution >= 0.6 is 0 Å². The average molecular weight is 287 g/mol. The molecule has 0 bridgehead atoms. The number of carbonyl (C=O) groups is 2. The van der Waals surface area contributed by atoms with Crippen LogP contribution in [-0.2, 0) is 4.79 Å². The van der Waals surface area contributed by atoms with Crippen molar-refractivity contribution in [2.24, 2.45) is 0 Å². The summed E-state index contributed by atoms with van der Waals surface area (Å²) < 4.78 is 4.86. The molecular weight excluding hydrogens is 270 g/mol. The van der Waals surface area contributed by atoms with Crippen molar-refractivity contribution in [1.29, 1.82) is 0 Å². The third-order valence-corrected chi connectivity index (χ3v) is 2.89. The van der Waals surface area contributed by atoms with Crippen LogP contribution in [0.5, 0.6) is 0 Å². The minimum absolute atomic E-state index is 0.0569. The first-order chi connectivity index (χ1) is 9.95. The van der Waals surface area contributed by atoms with Gasteiger partial charge < -0.3 is 14.7 Å². The lowest BCUT2D eigenvalue weighted by atomic mass is 10.1. The van der Waals surface area contributed by atoms with Crippen molar-refractivity contribution in [2.45, 2.75) is 13.8 Å². The van der Waals surface area contributed by atoms with E-state index < -0.39 is 0 Å². The number of carbonyl (C=O) groups excluding carboxylic acids is 2. The Labute approximate surface area is 122 Å². The molecule has 1 heterocycles. The molecular formula is C15H17N3O3. The lowest BCUT2D eigenvalue weighted by Crippen LogP contribution is -2.35. The molecule has 110 valence electrons. The number of aryl methyl sites for hydroxylation is 2. The molecule has 2 amide bonds. The van der Waals surface area contributed by atoms with Gasteiger partial charge in [0, 0.05) is 18.7 Å². The standard InChI is InChI=1S/C15H17N3O3/c1-10-5-4-6-12(7-10)15(20)18(3)9-14(19)16-13-8-11(2)21-17-13/h4-8H,9H2,1-3H3,(H,16,17,19). The normalized spacial score (nSPS) is 10.2. The third-order valence-electron chi connectivity index (χ3n) is 2.89. The zero-order chi connectivity index (χ0) is 15.4. The molecule has 6 heteroatoms. The molecule has 0 saturated heterocycles. The molecule has 2 aromatic rings.